The van der Waals surface area contributed by atoms with Crippen molar-refractivity contribution in [2.75, 3.05) is 39.8 Å². The Balaban J connectivity index is 1.75. The maximum Gasteiger partial charge on any atom is 0.335 e. The maximum atomic E-state index is 12.8. The van der Waals surface area contributed by atoms with E-state index in [2.05, 4.69) is 21.4 Å². The molecule has 3 rings (SSSR count). The van der Waals surface area contributed by atoms with E-state index in [0.717, 1.165) is 48.7 Å². The fourth-order valence-corrected chi connectivity index (χ4v) is 3.61. The zero-order chi connectivity index (χ0) is 19.6. The summed E-state index contributed by atoms with van der Waals surface area (Å²) in [5, 5.41) is 9.17. The summed E-state index contributed by atoms with van der Waals surface area (Å²) in [5.41, 5.74) is 3.90. The van der Waals surface area contributed by atoms with E-state index in [0.29, 0.717) is 13.1 Å². The molecule has 1 fully saturated rings. The number of hydrogen-bond donors (Lipinski definition) is 1. The fraction of sp³-hybridized carbons (Fsp3) is 0.429. The molecule has 1 aliphatic rings. The van der Waals surface area contributed by atoms with E-state index < -0.39 is 5.97 Å². The number of carboxylic acids is 1. The quantitative estimate of drug-likeness (QED) is 0.792. The Morgan fingerprint density at radius 1 is 1.07 bits per heavy atom. The minimum Gasteiger partial charge on any atom is -0.478 e. The van der Waals surface area contributed by atoms with Crippen molar-refractivity contribution in [1.29, 1.82) is 0 Å². The number of nitrogens with zero attached hydrogens (tertiary/aromatic N) is 3. The number of likely N-dealkylation sites (N-methyl/N-ethyl adjacent to an activating group) is 1. The Hall–Kier alpha value is -2.44. The lowest BCUT2D eigenvalue weighted by molar-refractivity contribution is 0.0696. The molecule has 1 aliphatic heterocycles. The van der Waals surface area contributed by atoms with Gasteiger partial charge in [0.05, 0.1) is 12.1 Å². The summed E-state index contributed by atoms with van der Waals surface area (Å²) in [4.78, 5) is 28.5. The smallest absolute Gasteiger partial charge is 0.335 e. The monoisotopic (exact) mass is 369 g/mol. The molecule has 0 spiro atoms. The highest BCUT2D eigenvalue weighted by molar-refractivity contribution is 5.99. The summed E-state index contributed by atoms with van der Waals surface area (Å²) in [6.45, 7) is 8.78. The highest BCUT2D eigenvalue weighted by atomic mass is 16.4. The van der Waals surface area contributed by atoms with Crippen LogP contribution in [0.1, 0.15) is 37.7 Å². The van der Waals surface area contributed by atoms with Crippen molar-refractivity contribution >= 4 is 11.8 Å². The molecule has 0 radical (unpaired) electrons. The number of aryl methyl sites for hydroxylation is 1. The number of carbonyl (C=O) groups excluding carboxylic acids is 1. The first kappa shape index (κ1) is 19.3. The Labute approximate surface area is 160 Å². The predicted molar refractivity (Wildman–Crippen MR) is 105 cm³/mol. The number of carboxylic acid groups (broad SMARTS) is 1. The number of benzene rings is 1. The number of aromatic carboxylic acids is 1. The number of ketones is 1. The summed E-state index contributed by atoms with van der Waals surface area (Å²) < 4.78 is 2.08. The average molecular weight is 369 g/mol. The van der Waals surface area contributed by atoms with Crippen LogP contribution in [0.5, 0.6) is 0 Å². The molecule has 6 heteroatoms. The van der Waals surface area contributed by atoms with E-state index in [1.807, 2.05) is 26.0 Å². The molecule has 2 heterocycles. The molecule has 0 amide bonds. The van der Waals surface area contributed by atoms with Gasteiger partial charge in [0.1, 0.15) is 0 Å². The first-order valence-corrected chi connectivity index (χ1v) is 9.28. The van der Waals surface area contributed by atoms with Gasteiger partial charge in [-0.15, -0.1) is 0 Å². The maximum absolute atomic E-state index is 12.8. The Morgan fingerprint density at radius 3 is 2.44 bits per heavy atom. The normalized spacial score (nSPS) is 15.8. The summed E-state index contributed by atoms with van der Waals surface area (Å²) in [6.07, 6.45) is 0. The molecule has 0 saturated carbocycles. The second-order valence-electron chi connectivity index (χ2n) is 7.38. The van der Waals surface area contributed by atoms with Gasteiger partial charge in [-0.1, -0.05) is 12.1 Å². The van der Waals surface area contributed by atoms with Crippen molar-refractivity contribution in [3.05, 3.63) is 58.4 Å². The minimum absolute atomic E-state index is 0.151. The van der Waals surface area contributed by atoms with Crippen LogP contribution in [0.4, 0.5) is 0 Å². The molecule has 6 nitrogen and oxygen atoms in total. The molecule has 0 aliphatic carbocycles. The van der Waals surface area contributed by atoms with Gasteiger partial charge in [0.15, 0.2) is 5.78 Å². The first-order chi connectivity index (χ1) is 12.8. The van der Waals surface area contributed by atoms with Gasteiger partial charge in [-0.25, -0.2) is 4.79 Å². The SMILES string of the molecule is Cc1cc(C(=O)CN2CCN(C)CC2)c(C)n1Cc1cccc(C(=O)O)c1. The molecule has 0 unspecified atom stereocenters. The molecule has 0 atom stereocenters. The number of carbonyl (C=O) groups is 2. The topological polar surface area (TPSA) is 65.8 Å². The van der Waals surface area contributed by atoms with E-state index in [1.54, 1.807) is 18.2 Å². The first-order valence-electron chi connectivity index (χ1n) is 9.28. The average Bonchev–Trinajstić information content (AvgIpc) is 2.92. The minimum atomic E-state index is -0.930. The number of piperazine rings is 1. The van der Waals surface area contributed by atoms with E-state index in [4.69, 9.17) is 0 Å². The summed E-state index contributed by atoms with van der Waals surface area (Å²) in [5.74, 6) is -0.779. The van der Waals surface area contributed by atoms with Crippen molar-refractivity contribution in [3.8, 4) is 0 Å². The lowest BCUT2D eigenvalue weighted by atomic mass is 10.1. The van der Waals surface area contributed by atoms with Crippen LogP contribution < -0.4 is 0 Å². The molecule has 1 aromatic carbocycles. The molecule has 2 aromatic rings. The third kappa shape index (κ3) is 4.46. The standard InChI is InChI=1S/C21H27N3O3/c1-15-11-19(20(25)14-23-9-7-22(3)8-10-23)16(2)24(15)13-17-5-4-6-18(12-17)21(26)27/h4-6,11-12H,7-10,13-14H2,1-3H3,(H,26,27). The van der Waals surface area contributed by atoms with Crippen LogP contribution in [0.2, 0.25) is 0 Å². The molecule has 0 bridgehead atoms. The molecule has 27 heavy (non-hydrogen) atoms. The molecular formula is C21H27N3O3. The fourth-order valence-electron chi connectivity index (χ4n) is 3.61. The number of rotatable bonds is 6. The van der Waals surface area contributed by atoms with Crippen molar-refractivity contribution in [3.63, 3.8) is 0 Å². The summed E-state index contributed by atoms with van der Waals surface area (Å²) >= 11 is 0. The van der Waals surface area contributed by atoms with Gasteiger partial charge in [0.25, 0.3) is 0 Å². The van der Waals surface area contributed by atoms with Crippen molar-refractivity contribution in [2.24, 2.45) is 0 Å². The van der Waals surface area contributed by atoms with E-state index in [-0.39, 0.29) is 11.3 Å². The largest absolute Gasteiger partial charge is 0.478 e. The van der Waals surface area contributed by atoms with E-state index in [1.165, 1.54) is 0 Å². The van der Waals surface area contributed by atoms with Crippen LogP contribution in [0.3, 0.4) is 0 Å². The third-order valence-corrected chi connectivity index (χ3v) is 5.35. The Bertz CT molecular complexity index is 848. The highest BCUT2D eigenvalue weighted by Crippen LogP contribution is 2.19. The van der Waals surface area contributed by atoms with Crippen molar-refractivity contribution in [2.45, 2.75) is 20.4 Å². The van der Waals surface area contributed by atoms with Gasteiger partial charge in [0, 0.05) is 49.7 Å². The van der Waals surface area contributed by atoms with Gasteiger partial charge >= 0.3 is 5.97 Å². The molecule has 1 saturated heterocycles. The second kappa shape index (κ2) is 8.06. The number of hydrogen-bond acceptors (Lipinski definition) is 4. The van der Waals surface area contributed by atoms with Crippen molar-refractivity contribution < 1.29 is 14.7 Å². The third-order valence-electron chi connectivity index (χ3n) is 5.35. The lowest BCUT2D eigenvalue weighted by Gasteiger charge is -2.31. The number of Topliss-reactive ketones (excluding diaryl/α,β-unsaturated/α-hetero) is 1. The van der Waals surface area contributed by atoms with Gasteiger partial charge in [0.2, 0.25) is 0 Å². The molecular weight excluding hydrogens is 342 g/mol. The molecule has 1 aromatic heterocycles. The van der Waals surface area contributed by atoms with E-state index >= 15 is 0 Å². The zero-order valence-electron chi connectivity index (χ0n) is 16.2. The van der Waals surface area contributed by atoms with Crippen LogP contribution in [0, 0.1) is 13.8 Å². The predicted octanol–water partition coefficient (Wildman–Crippen LogP) is 2.28. The van der Waals surface area contributed by atoms with Crippen LogP contribution in [-0.2, 0) is 6.54 Å². The van der Waals surface area contributed by atoms with E-state index in [9.17, 15) is 14.7 Å². The van der Waals surface area contributed by atoms with Crippen LogP contribution in [0.25, 0.3) is 0 Å². The Kier molecular flexibility index (Phi) is 5.77. The second-order valence-corrected chi connectivity index (χ2v) is 7.38. The van der Waals surface area contributed by atoms with Crippen molar-refractivity contribution in [1.82, 2.24) is 14.4 Å². The summed E-state index contributed by atoms with van der Waals surface area (Å²) in [6, 6.07) is 8.90. The molecule has 1 N–H and O–H groups in total. The van der Waals surface area contributed by atoms with Crippen LogP contribution in [0.15, 0.2) is 30.3 Å². The van der Waals surface area contributed by atoms with Crippen LogP contribution in [-0.4, -0.2) is 71.0 Å². The van der Waals surface area contributed by atoms with Gasteiger partial charge < -0.3 is 14.6 Å². The highest BCUT2D eigenvalue weighted by Gasteiger charge is 2.21. The van der Waals surface area contributed by atoms with Crippen LogP contribution >= 0.6 is 0 Å². The van der Waals surface area contributed by atoms with Gasteiger partial charge in [-0.05, 0) is 44.7 Å². The zero-order valence-corrected chi connectivity index (χ0v) is 16.2. The Morgan fingerprint density at radius 2 is 1.78 bits per heavy atom. The summed E-state index contributed by atoms with van der Waals surface area (Å²) in [7, 11) is 2.10. The van der Waals surface area contributed by atoms with Gasteiger partial charge in [-0.3, -0.25) is 9.69 Å². The lowest BCUT2D eigenvalue weighted by Crippen LogP contribution is -2.46. The number of aromatic nitrogens is 1. The van der Waals surface area contributed by atoms with Gasteiger partial charge in [-0.2, -0.15) is 0 Å². The molecule has 144 valence electrons.